The number of carbonyl (C=O) groups excluding carboxylic acids is 2. The van der Waals surface area contributed by atoms with Crippen molar-refractivity contribution >= 4 is 23.8 Å². The van der Waals surface area contributed by atoms with Gasteiger partial charge >= 0.3 is 11.7 Å². The SMILES string of the molecule is Cc1ccc(C(=O)Oc2ccc(/C=N/NC(=O)C(C)n3nc(C)c([N+](=O)[O-])c3C)cc2)cc1. The quantitative estimate of drug-likeness (QED) is 0.193. The largest absolute Gasteiger partial charge is 0.423 e. The lowest BCUT2D eigenvalue weighted by Gasteiger charge is -2.11. The predicted molar refractivity (Wildman–Crippen MR) is 121 cm³/mol. The van der Waals surface area contributed by atoms with Crippen LogP contribution >= 0.6 is 0 Å². The van der Waals surface area contributed by atoms with E-state index in [1.807, 2.05) is 19.1 Å². The second kappa shape index (κ2) is 9.86. The van der Waals surface area contributed by atoms with Crippen molar-refractivity contribution in [3.63, 3.8) is 0 Å². The van der Waals surface area contributed by atoms with Crippen molar-refractivity contribution in [3.05, 3.63) is 86.7 Å². The molecule has 0 spiro atoms. The van der Waals surface area contributed by atoms with Gasteiger partial charge in [-0.3, -0.25) is 19.6 Å². The number of nitrogens with one attached hydrogen (secondary N) is 1. The van der Waals surface area contributed by atoms with Gasteiger partial charge in [0.1, 0.15) is 23.2 Å². The number of ether oxygens (including phenoxy) is 1. The Labute approximate surface area is 190 Å². The van der Waals surface area contributed by atoms with Gasteiger partial charge in [-0.25, -0.2) is 10.2 Å². The van der Waals surface area contributed by atoms with Crippen LogP contribution in [-0.4, -0.2) is 32.8 Å². The minimum absolute atomic E-state index is 0.110. The number of aromatic nitrogens is 2. The highest BCUT2D eigenvalue weighted by atomic mass is 16.6. The topological polar surface area (TPSA) is 129 Å². The lowest BCUT2D eigenvalue weighted by molar-refractivity contribution is -0.386. The number of benzene rings is 2. The van der Waals surface area contributed by atoms with E-state index in [-0.39, 0.29) is 11.4 Å². The monoisotopic (exact) mass is 449 g/mol. The molecule has 3 aromatic rings. The van der Waals surface area contributed by atoms with E-state index in [0.29, 0.717) is 22.6 Å². The zero-order chi connectivity index (χ0) is 24.1. The lowest BCUT2D eigenvalue weighted by atomic mass is 10.1. The normalized spacial score (nSPS) is 11.9. The Morgan fingerprint density at radius 2 is 1.76 bits per heavy atom. The van der Waals surface area contributed by atoms with E-state index in [4.69, 9.17) is 4.74 Å². The molecule has 1 N–H and O–H groups in total. The zero-order valence-electron chi connectivity index (χ0n) is 18.6. The minimum atomic E-state index is -0.793. The molecule has 1 heterocycles. The summed E-state index contributed by atoms with van der Waals surface area (Å²) in [4.78, 5) is 35.2. The fourth-order valence-corrected chi connectivity index (χ4v) is 3.15. The molecule has 0 aliphatic heterocycles. The third-order valence-electron chi connectivity index (χ3n) is 4.98. The number of hydrogen-bond acceptors (Lipinski definition) is 7. The highest BCUT2D eigenvalue weighted by Gasteiger charge is 2.26. The second-order valence-corrected chi connectivity index (χ2v) is 7.46. The average molecular weight is 449 g/mol. The number of aryl methyl sites for hydroxylation is 2. The summed E-state index contributed by atoms with van der Waals surface area (Å²) in [6.45, 7) is 6.57. The minimum Gasteiger partial charge on any atom is -0.423 e. The van der Waals surface area contributed by atoms with Gasteiger partial charge in [0, 0.05) is 0 Å². The number of hydrogen-bond donors (Lipinski definition) is 1. The van der Waals surface area contributed by atoms with Gasteiger partial charge in [0.15, 0.2) is 0 Å². The van der Waals surface area contributed by atoms with Gasteiger partial charge in [-0.05, 0) is 69.7 Å². The highest BCUT2D eigenvalue weighted by molar-refractivity contribution is 5.91. The van der Waals surface area contributed by atoms with Gasteiger partial charge in [0.05, 0.1) is 16.7 Å². The number of nitrogens with zero attached hydrogens (tertiary/aromatic N) is 4. The molecule has 1 aromatic heterocycles. The summed E-state index contributed by atoms with van der Waals surface area (Å²) >= 11 is 0. The summed E-state index contributed by atoms with van der Waals surface area (Å²) in [6.07, 6.45) is 1.43. The number of carbonyl (C=O) groups is 2. The Morgan fingerprint density at radius 3 is 2.33 bits per heavy atom. The fraction of sp³-hybridized carbons (Fsp3) is 0.217. The molecule has 1 unspecified atom stereocenters. The number of rotatable bonds is 7. The number of esters is 1. The van der Waals surface area contributed by atoms with E-state index in [2.05, 4.69) is 15.6 Å². The molecule has 0 aliphatic carbocycles. The third kappa shape index (κ3) is 5.48. The van der Waals surface area contributed by atoms with Crippen molar-refractivity contribution in [3.8, 4) is 5.75 Å². The van der Waals surface area contributed by atoms with Crippen LogP contribution in [0.3, 0.4) is 0 Å². The molecule has 0 radical (unpaired) electrons. The van der Waals surface area contributed by atoms with Gasteiger partial charge in [0.2, 0.25) is 0 Å². The van der Waals surface area contributed by atoms with Crippen LogP contribution in [0.2, 0.25) is 0 Å². The first-order valence-corrected chi connectivity index (χ1v) is 10.1. The molecule has 0 aliphatic rings. The summed E-state index contributed by atoms with van der Waals surface area (Å²) in [6, 6.07) is 12.9. The standard InChI is InChI=1S/C23H23N5O5/c1-14-5-9-19(10-6-14)23(30)33-20-11-7-18(8-12-20)13-24-25-22(29)17(4)27-16(3)21(28(31)32)15(2)26-27/h5-13,17H,1-4H3,(H,25,29)/b24-13+. The lowest BCUT2D eigenvalue weighted by Crippen LogP contribution is -2.28. The van der Waals surface area contributed by atoms with E-state index in [1.54, 1.807) is 50.2 Å². The molecule has 0 fully saturated rings. The van der Waals surface area contributed by atoms with E-state index >= 15 is 0 Å². The molecule has 0 saturated heterocycles. The second-order valence-electron chi connectivity index (χ2n) is 7.46. The van der Waals surface area contributed by atoms with Crippen molar-refractivity contribution in [1.29, 1.82) is 0 Å². The van der Waals surface area contributed by atoms with Crippen LogP contribution in [0.15, 0.2) is 53.6 Å². The first kappa shape index (κ1) is 23.3. The summed E-state index contributed by atoms with van der Waals surface area (Å²) in [5, 5.41) is 19.2. The molecule has 33 heavy (non-hydrogen) atoms. The van der Waals surface area contributed by atoms with E-state index in [1.165, 1.54) is 17.8 Å². The van der Waals surface area contributed by atoms with Gasteiger partial charge < -0.3 is 4.74 Å². The fourth-order valence-electron chi connectivity index (χ4n) is 3.15. The Kier molecular flexibility index (Phi) is 6.97. The van der Waals surface area contributed by atoms with Gasteiger partial charge in [0.25, 0.3) is 5.91 Å². The molecule has 10 heteroatoms. The van der Waals surface area contributed by atoms with Crippen molar-refractivity contribution in [1.82, 2.24) is 15.2 Å². The van der Waals surface area contributed by atoms with Crippen LogP contribution in [-0.2, 0) is 4.79 Å². The van der Waals surface area contributed by atoms with Crippen molar-refractivity contribution in [2.75, 3.05) is 0 Å². The molecule has 1 atom stereocenters. The van der Waals surface area contributed by atoms with Gasteiger partial charge in [-0.1, -0.05) is 17.7 Å². The zero-order valence-corrected chi connectivity index (χ0v) is 18.6. The van der Waals surface area contributed by atoms with Crippen molar-refractivity contribution in [2.24, 2.45) is 5.10 Å². The maximum atomic E-state index is 12.4. The van der Waals surface area contributed by atoms with Gasteiger partial charge in [-0.2, -0.15) is 10.2 Å². The van der Waals surface area contributed by atoms with E-state index in [9.17, 15) is 19.7 Å². The number of hydrazone groups is 1. The Balaban J connectivity index is 1.58. The first-order chi connectivity index (χ1) is 15.7. The van der Waals surface area contributed by atoms with Crippen molar-refractivity contribution in [2.45, 2.75) is 33.7 Å². The first-order valence-electron chi connectivity index (χ1n) is 10.1. The summed E-state index contributed by atoms with van der Waals surface area (Å²) < 4.78 is 6.65. The predicted octanol–water partition coefficient (Wildman–Crippen LogP) is 3.65. The Morgan fingerprint density at radius 1 is 1.12 bits per heavy atom. The molecule has 0 bridgehead atoms. The molecule has 0 saturated carbocycles. The third-order valence-corrected chi connectivity index (χ3v) is 4.98. The molecule has 3 rings (SSSR count). The molecule has 10 nitrogen and oxygen atoms in total. The van der Waals surface area contributed by atoms with Crippen LogP contribution in [0.5, 0.6) is 5.75 Å². The van der Waals surface area contributed by atoms with Crippen LogP contribution < -0.4 is 10.2 Å². The maximum absolute atomic E-state index is 12.4. The van der Waals surface area contributed by atoms with E-state index in [0.717, 1.165) is 5.56 Å². The molecule has 2 aromatic carbocycles. The van der Waals surface area contributed by atoms with Crippen LogP contribution in [0.25, 0.3) is 0 Å². The van der Waals surface area contributed by atoms with Crippen LogP contribution in [0, 0.1) is 30.9 Å². The number of nitro groups is 1. The maximum Gasteiger partial charge on any atom is 0.343 e. The number of amides is 1. The summed E-state index contributed by atoms with van der Waals surface area (Å²) in [7, 11) is 0. The van der Waals surface area contributed by atoms with E-state index < -0.39 is 22.8 Å². The smallest absolute Gasteiger partial charge is 0.343 e. The molecular formula is C23H23N5O5. The van der Waals surface area contributed by atoms with Gasteiger partial charge in [-0.15, -0.1) is 0 Å². The summed E-state index contributed by atoms with van der Waals surface area (Å²) in [5.74, 6) is -0.557. The van der Waals surface area contributed by atoms with Crippen molar-refractivity contribution < 1.29 is 19.2 Å². The molecular weight excluding hydrogens is 426 g/mol. The van der Waals surface area contributed by atoms with Crippen LogP contribution in [0.4, 0.5) is 5.69 Å². The highest BCUT2D eigenvalue weighted by Crippen LogP contribution is 2.24. The Bertz CT molecular complexity index is 1210. The molecule has 170 valence electrons. The van der Waals surface area contributed by atoms with Crippen LogP contribution in [0.1, 0.15) is 45.8 Å². The average Bonchev–Trinajstić information content (AvgIpc) is 3.08. The Hall–Kier alpha value is -4.34. The molecule has 1 amide bonds. The summed E-state index contributed by atoms with van der Waals surface area (Å²) in [5.41, 5.74) is 4.99.